The Morgan fingerprint density at radius 3 is 1.56 bits per heavy atom. The third-order valence-electron chi connectivity index (χ3n) is 4.23. The van der Waals surface area contributed by atoms with Gasteiger partial charge in [-0.1, -0.05) is 16.8 Å². The van der Waals surface area contributed by atoms with Crippen molar-refractivity contribution in [3.63, 3.8) is 0 Å². The molecular formula is C21H38N4O7. The van der Waals surface area contributed by atoms with Crippen molar-refractivity contribution in [3.05, 3.63) is 33.9 Å². The molecule has 11 nitrogen and oxygen atoms in total. The molecule has 0 radical (unpaired) electrons. The molecule has 0 aromatic carbocycles. The molecule has 0 bridgehead atoms. The van der Waals surface area contributed by atoms with Crippen molar-refractivity contribution < 1.29 is 33.2 Å². The molecular weight excluding hydrogens is 420 g/mol. The summed E-state index contributed by atoms with van der Waals surface area (Å²) in [5.74, 6) is 0.987. The number of nitrogens with zero attached hydrogens (tertiary/aromatic N) is 3. The molecule has 0 heterocycles. The lowest BCUT2D eigenvalue weighted by Gasteiger charge is -2.15. The fraction of sp³-hybridized carbons (Fsp3) is 0.810. The van der Waals surface area contributed by atoms with Crippen LogP contribution >= 0.6 is 0 Å². The second kappa shape index (κ2) is 22.5. The van der Waals surface area contributed by atoms with E-state index in [0.29, 0.717) is 99.0 Å². The summed E-state index contributed by atoms with van der Waals surface area (Å²) in [5, 5.41) is 3.37. The zero-order valence-corrected chi connectivity index (χ0v) is 19.0. The maximum Gasteiger partial charge on any atom is 0.111 e. The van der Waals surface area contributed by atoms with Crippen LogP contribution in [0.2, 0.25) is 0 Å². The van der Waals surface area contributed by atoms with Crippen molar-refractivity contribution in [3.8, 4) is 0 Å². The van der Waals surface area contributed by atoms with Gasteiger partial charge in [-0.25, -0.2) is 0 Å². The van der Waals surface area contributed by atoms with Crippen molar-refractivity contribution in [2.45, 2.75) is 12.8 Å². The van der Waals surface area contributed by atoms with Crippen LogP contribution in [0, 0.1) is 0 Å². The summed E-state index contributed by atoms with van der Waals surface area (Å²) in [4.78, 5) is 2.64. The quantitative estimate of drug-likeness (QED) is 0.106. The molecule has 0 unspecified atom stereocenters. The van der Waals surface area contributed by atoms with E-state index < -0.39 is 0 Å². The normalized spacial score (nSPS) is 13.4. The second-order valence-electron chi connectivity index (χ2n) is 6.64. The number of allylic oxidation sites excluding steroid dienone is 3. The molecule has 0 saturated carbocycles. The summed E-state index contributed by atoms with van der Waals surface area (Å²) in [5.41, 5.74) is 15.0. The van der Waals surface area contributed by atoms with Crippen LogP contribution < -0.4 is 5.73 Å². The van der Waals surface area contributed by atoms with Gasteiger partial charge in [-0.3, -0.25) is 0 Å². The standard InChI is InChI=1S/C21H38N4O7/c22-19-20-1-3-21(4-2-20)32-18-17-31-16-15-30-14-13-29-12-11-28-10-9-27-8-7-26-6-5-24-25-23/h1,3H,2,4-19,22H2. The Morgan fingerprint density at radius 1 is 0.688 bits per heavy atom. The van der Waals surface area contributed by atoms with Gasteiger partial charge >= 0.3 is 0 Å². The van der Waals surface area contributed by atoms with E-state index in [1.54, 1.807) is 0 Å². The number of hydrogen-bond acceptors (Lipinski definition) is 9. The predicted molar refractivity (Wildman–Crippen MR) is 119 cm³/mol. The predicted octanol–water partition coefficient (Wildman–Crippen LogP) is 1.98. The van der Waals surface area contributed by atoms with Crippen LogP contribution in [0.4, 0.5) is 0 Å². The summed E-state index contributed by atoms with van der Waals surface area (Å²) in [6.07, 6.45) is 5.90. The van der Waals surface area contributed by atoms with Crippen molar-refractivity contribution in [1.29, 1.82) is 0 Å². The molecule has 32 heavy (non-hydrogen) atoms. The first kappa shape index (κ1) is 28.3. The van der Waals surface area contributed by atoms with Crippen molar-refractivity contribution in [1.82, 2.24) is 0 Å². The molecule has 1 aliphatic rings. The number of hydrogen-bond donors (Lipinski definition) is 1. The zero-order valence-electron chi connectivity index (χ0n) is 19.0. The van der Waals surface area contributed by atoms with Gasteiger partial charge in [0.1, 0.15) is 6.61 Å². The fourth-order valence-corrected chi connectivity index (χ4v) is 2.54. The van der Waals surface area contributed by atoms with E-state index in [0.717, 1.165) is 18.6 Å². The highest BCUT2D eigenvalue weighted by Gasteiger charge is 2.05. The van der Waals surface area contributed by atoms with Gasteiger partial charge in [0, 0.05) is 24.4 Å². The summed E-state index contributed by atoms with van der Waals surface area (Å²) in [6, 6.07) is 0. The van der Waals surface area contributed by atoms with Crippen LogP contribution in [0.5, 0.6) is 0 Å². The molecule has 0 spiro atoms. The number of rotatable bonds is 23. The Balaban J connectivity index is 1.70. The molecule has 0 aliphatic heterocycles. The monoisotopic (exact) mass is 458 g/mol. The lowest BCUT2D eigenvalue weighted by Crippen LogP contribution is -2.14. The average Bonchev–Trinajstić information content (AvgIpc) is 2.82. The largest absolute Gasteiger partial charge is 0.496 e. The van der Waals surface area contributed by atoms with E-state index in [-0.39, 0.29) is 0 Å². The third-order valence-corrected chi connectivity index (χ3v) is 4.23. The molecule has 0 fully saturated rings. The van der Waals surface area contributed by atoms with E-state index in [9.17, 15) is 0 Å². The minimum Gasteiger partial charge on any atom is -0.496 e. The molecule has 0 saturated heterocycles. The average molecular weight is 459 g/mol. The van der Waals surface area contributed by atoms with Crippen LogP contribution in [0.3, 0.4) is 0 Å². The van der Waals surface area contributed by atoms with Gasteiger partial charge in [0.15, 0.2) is 0 Å². The smallest absolute Gasteiger partial charge is 0.111 e. The van der Waals surface area contributed by atoms with Crippen LogP contribution in [-0.2, 0) is 33.2 Å². The minimum atomic E-state index is 0.335. The summed E-state index contributed by atoms with van der Waals surface area (Å²) < 4.78 is 38.0. The molecule has 1 aliphatic carbocycles. The number of nitrogens with two attached hydrogens (primary N) is 1. The highest BCUT2D eigenvalue weighted by molar-refractivity contribution is 5.21. The maximum absolute atomic E-state index is 8.10. The molecule has 11 heteroatoms. The first-order valence-corrected chi connectivity index (χ1v) is 11.1. The van der Waals surface area contributed by atoms with E-state index in [1.165, 1.54) is 5.57 Å². The van der Waals surface area contributed by atoms with E-state index in [1.807, 2.05) is 12.2 Å². The Hall–Kier alpha value is -1.69. The van der Waals surface area contributed by atoms with Gasteiger partial charge in [0.05, 0.1) is 85.0 Å². The van der Waals surface area contributed by atoms with Gasteiger partial charge in [-0.05, 0) is 18.0 Å². The Labute approximate surface area is 190 Å². The summed E-state index contributed by atoms with van der Waals surface area (Å²) in [7, 11) is 0. The lowest BCUT2D eigenvalue weighted by molar-refractivity contribution is -0.0186. The molecule has 1 rings (SSSR count). The number of azide groups is 1. The van der Waals surface area contributed by atoms with Crippen molar-refractivity contribution in [2.75, 3.05) is 99.0 Å². The van der Waals surface area contributed by atoms with Crippen molar-refractivity contribution in [2.24, 2.45) is 10.8 Å². The van der Waals surface area contributed by atoms with Crippen LogP contribution in [0.25, 0.3) is 10.4 Å². The molecule has 0 amide bonds. The highest BCUT2D eigenvalue weighted by atomic mass is 16.6. The van der Waals surface area contributed by atoms with E-state index in [2.05, 4.69) is 10.0 Å². The lowest BCUT2D eigenvalue weighted by atomic mass is 10.0. The summed E-state index contributed by atoms with van der Waals surface area (Å²) in [6.45, 7) is 7.49. The fourth-order valence-electron chi connectivity index (χ4n) is 2.54. The number of ether oxygens (including phenoxy) is 7. The van der Waals surface area contributed by atoms with Gasteiger partial charge in [-0.2, -0.15) is 0 Å². The minimum absolute atomic E-state index is 0.335. The van der Waals surface area contributed by atoms with Crippen LogP contribution in [0.1, 0.15) is 12.8 Å². The van der Waals surface area contributed by atoms with Gasteiger partial charge in [0.25, 0.3) is 0 Å². The van der Waals surface area contributed by atoms with Crippen LogP contribution in [-0.4, -0.2) is 99.0 Å². The molecule has 2 N–H and O–H groups in total. The van der Waals surface area contributed by atoms with Gasteiger partial charge < -0.3 is 38.9 Å². The molecule has 0 aromatic heterocycles. The first-order chi connectivity index (χ1) is 15.9. The van der Waals surface area contributed by atoms with Gasteiger partial charge in [0.2, 0.25) is 0 Å². The maximum atomic E-state index is 8.10. The first-order valence-electron chi connectivity index (χ1n) is 11.1. The molecule has 0 aromatic rings. The topological polar surface area (TPSA) is 139 Å². The zero-order chi connectivity index (χ0) is 23.0. The van der Waals surface area contributed by atoms with Crippen LogP contribution in [0.15, 0.2) is 28.6 Å². The van der Waals surface area contributed by atoms with Crippen molar-refractivity contribution >= 4 is 0 Å². The van der Waals surface area contributed by atoms with Gasteiger partial charge in [-0.15, -0.1) is 0 Å². The Morgan fingerprint density at radius 2 is 1.16 bits per heavy atom. The SMILES string of the molecule is [N-]=[N+]=NCCOCCOCCOCCOCCOCCOCCOC1=CC=C(CN)CC1. The molecule has 0 atom stereocenters. The van der Waals surface area contributed by atoms with E-state index >= 15 is 0 Å². The second-order valence-corrected chi connectivity index (χ2v) is 6.64. The Bertz CT molecular complexity index is 554. The highest BCUT2D eigenvalue weighted by Crippen LogP contribution is 2.18. The molecule has 184 valence electrons. The Kier molecular flexibility index (Phi) is 19.9. The third kappa shape index (κ3) is 17.9. The summed E-state index contributed by atoms with van der Waals surface area (Å²) >= 11 is 0. The van der Waals surface area contributed by atoms with E-state index in [4.69, 9.17) is 44.4 Å².